The second kappa shape index (κ2) is 5.23. The van der Waals surface area contributed by atoms with Crippen molar-refractivity contribution in [1.29, 1.82) is 0 Å². The first-order valence-corrected chi connectivity index (χ1v) is 7.95. The van der Waals surface area contributed by atoms with Gasteiger partial charge in [0, 0.05) is 6.42 Å². The summed E-state index contributed by atoms with van der Waals surface area (Å²) in [5.74, 6) is 0.961. The van der Waals surface area contributed by atoms with Crippen molar-refractivity contribution in [3.05, 3.63) is 23.2 Å². The Morgan fingerprint density at radius 1 is 1.19 bits per heavy atom. The van der Waals surface area contributed by atoms with Gasteiger partial charge in [0.1, 0.15) is 10.6 Å². The van der Waals surface area contributed by atoms with Crippen LogP contribution in [0.2, 0.25) is 0 Å². The van der Waals surface area contributed by atoms with E-state index in [4.69, 9.17) is 9.05 Å². The molecule has 0 amide bonds. The molecule has 0 fully saturated rings. The van der Waals surface area contributed by atoms with Crippen molar-refractivity contribution in [2.24, 2.45) is 0 Å². The molecule has 0 aliphatic heterocycles. The Hall–Kier alpha value is -1.74. The lowest BCUT2D eigenvalue weighted by Gasteiger charge is -2.21. The van der Waals surface area contributed by atoms with E-state index in [0.717, 1.165) is 0 Å². The van der Waals surface area contributed by atoms with Gasteiger partial charge in [0.05, 0.1) is 5.54 Å². The highest BCUT2D eigenvalue weighted by molar-refractivity contribution is 7.89. The summed E-state index contributed by atoms with van der Waals surface area (Å²) in [5.41, 5.74) is -0.718. The SMILES string of the molecule is CCc1nc(C(C)(C)NS(=O)(=O)c2c(C)noc2C)no1. The molecule has 116 valence electrons. The fraction of sp³-hybridized carbons (Fsp3) is 0.583. The summed E-state index contributed by atoms with van der Waals surface area (Å²) in [5, 5.41) is 7.48. The van der Waals surface area contributed by atoms with Crippen molar-refractivity contribution in [2.75, 3.05) is 0 Å². The van der Waals surface area contributed by atoms with Crippen LogP contribution in [0.25, 0.3) is 0 Å². The predicted octanol–water partition coefficient (Wildman–Crippen LogP) is 1.45. The molecule has 0 radical (unpaired) electrons. The molecule has 2 heterocycles. The molecule has 0 saturated heterocycles. The van der Waals surface area contributed by atoms with Gasteiger partial charge in [-0.15, -0.1) is 0 Å². The third-order valence-corrected chi connectivity index (χ3v) is 4.86. The van der Waals surface area contributed by atoms with Gasteiger partial charge in [0.15, 0.2) is 11.6 Å². The average molecular weight is 314 g/mol. The Balaban J connectivity index is 2.35. The molecule has 21 heavy (non-hydrogen) atoms. The van der Waals surface area contributed by atoms with Gasteiger partial charge in [-0.25, -0.2) is 8.42 Å². The zero-order valence-corrected chi connectivity index (χ0v) is 13.4. The minimum absolute atomic E-state index is 0.0368. The van der Waals surface area contributed by atoms with E-state index in [-0.39, 0.29) is 16.5 Å². The average Bonchev–Trinajstić information content (AvgIpc) is 2.95. The second-order valence-corrected chi connectivity index (χ2v) is 6.87. The monoisotopic (exact) mass is 314 g/mol. The molecule has 0 bridgehead atoms. The number of rotatable bonds is 5. The molecule has 0 spiro atoms. The molecular weight excluding hydrogens is 296 g/mol. The molecule has 9 heteroatoms. The quantitative estimate of drug-likeness (QED) is 0.889. The number of nitrogens with one attached hydrogen (secondary N) is 1. The van der Waals surface area contributed by atoms with Crippen LogP contribution in [0.4, 0.5) is 0 Å². The lowest BCUT2D eigenvalue weighted by atomic mass is 10.1. The van der Waals surface area contributed by atoms with Crippen molar-refractivity contribution in [3.63, 3.8) is 0 Å². The summed E-state index contributed by atoms with van der Waals surface area (Å²) in [6.45, 7) is 8.31. The van der Waals surface area contributed by atoms with Crippen LogP contribution in [0.1, 0.15) is 43.9 Å². The van der Waals surface area contributed by atoms with E-state index in [1.165, 1.54) is 0 Å². The molecule has 0 aliphatic carbocycles. The van der Waals surface area contributed by atoms with Gasteiger partial charge in [-0.05, 0) is 27.7 Å². The van der Waals surface area contributed by atoms with Crippen LogP contribution in [0, 0.1) is 13.8 Å². The first-order chi connectivity index (χ1) is 9.67. The summed E-state index contributed by atoms with van der Waals surface area (Å²) in [6.07, 6.45) is 0.583. The summed E-state index contributed by atoms with van der Waals surface area (Å²) in [4.78, 5) is 4.20. The van der Waals surface area contributed by atoms with E-state index in [1.54, 1.807) is 27.7 Å². The van der Waals surface area contributed by atoms with Crippen LogP contribution >= 0.6 is 0 Å². The van der Waals surface area contributed by atoms with Crippen molar-refractivity contribution >= 4 is 10.0 Å². The third kappa shape index (κ3) is 2.98. The minimum atomic E-state index is -3.81. The minimum Gasteiger partial charge on any atom is -0.360 e. The molecule has 0 saturated carbocycles. The van der Waals surface area contributed by atoms with E-state index in [0.29, 0.717) is 18.0 Å². The second-order valence-electron chi connectivity index (χ2n) is 5.25. The molecule has 0 atom stereocenters. The highest BCUT2D eigenvalue weighted by atomic mass is 32.2. The lowest BCUT2D eigenvalue weighted by Crippen LogP contribution is -2.42. The van der Waals surface area contributed by atoms with Crippen LogP contribution in [-0.4, -0.2) is 23.7 Å². The summed E-state index contributed by atoms with van der Waals surface area (Å²) in [7, 11) is -3.81. The van der Waals surface area contributed by atoms with E-state index in [9.17, 15) is 8.42 Å². The Morgan fingerprint density at radius 3 is 2.33 bits per heavy atom. The zero-order valence-electron chi connectivity index (χ0n) is 12.6. The number of sulfonamides is 1. The van der Waals surface area contributed by atoms with Crippen molar-refractivity contribution in [3.8, 4) is 0 Å². The topological polar surface area (TPSA) is 111 Å². The van der Waals surface area contributed by atoms with E-state index in [1.807, 2.05) is 6.92 Å². The molecule has 8 nitrogen and oxygen atoms in total. The van der Waals surface area contributed by atoms with Gasteiger partial charge in [-0.3, -0.25) is 0 Å². The van der Waals surface area contributed by atoms with Gasteiger partial charge >= 0.3 is 0 Å². The zero-order chi connectivity index (χ0) is 15.8. The van der Waals surface area contributed by atoms with Crippen molar-refractivity contribution in [2.45, 2.75) is 51.5 Å². The van der Waals surface area contributed by atoms with Crippen LogP contribution in [0.5, 0.6) is 0 Å². The molecule has 0 aliphatic rings. The highest BCUT2D eigenvalue weighted by Gasteiger charge is 2.35. The fourth-order valence-electron chi connectivity index (χ4n) is 1.94. The first-order valence-electron chi connectivity index (χ1n) is 6.47. The predicted molar refractivity (Wildman–Crippen MR) is 73.0 cm³/mol. The van der Waals surface area contributed by atoms with Crippen molar-refractivity contribution in [1.82, 2.24) is 20.0 Å². The number of hydrogen-bond donors (Lipinski definition) is 1. The smallest absolute Gasteiger partial charge is 0.246 e. The maximum Gasteiger partial charge on any atom is 0.246 e. The molecule has 0 aromatic carbocycles. The number of aryl methyl sites for hydroxylation is 3. The van der Waals surface area contributed by atoms with Crippen LogP contribution in [-0.2, 0) is 22.0 Å². The third-order valence-electron chi connectivity index (χ3n) is 2.96. The van der Waals surface area contributed by atoms with Crippen LogP contribution in [0.15, 0.2) is 13.9 Å². The maximum absolute atomic E-state index is 12.5. The fourth-order valence-corrected chi connectivity index (χ4v) is 3.65. The molecule has 2 aromatic rings. The Kier molecular flexibility index (Phi) is 3.89. The summed E-state index contributed by atoms with van der Waals surface area (Å²) < 4.78 is 37.5. The normalized spacial score (nSPS) is 12.8. The van der Waals surface area contributed by atoms with Gasteiger partial charge in [-0.1, -0.05) is 17.2 Å². The van der Waals surface area contributed by atoms with E-state index < -0.39 is 15.6 Å². The summed E-state index contributed by atoms with van der Waals surface area (Å²) in [6, 6.07) is 0. The van der Waals surface area contributed by atoms with E-state index in [2.05, 4.69) is 20.0 Å². The number of aromatic nitrogens is 3. The van der Waals surface area contributed by atoms with Crippen LogP contribution < -0.4 is 4.72 Å². The Morgan fingerprint density at radius 2 is 1.86 bits per heavy atom. The first kappa shape index (κ1) is 15.6. The Labute approximate surface area is 123 Å². The van der Waals surface area contributed by atoms with Gasteiger partial charge in [-0.2, -0.15) is 9.71 Å². The highest BCUT2D eigenvalue weighted by Crippen LogP contribution is 2.24. The van der Waals surface area contributed by atoms with Crippen LogP contribution in [0.3, 0.4) is 0 Å². The largest absolute Gasteiger partial charge is 0.360 e. The molecular formula is C12H18N4O4S. The molecule has 1 N–H and O–H groups in total. The van der Waals surface area contributed by atoms with Crippen molar-refractivity contribution < 1.29 is 17.5 Å². The number of hydrogen-bond acceptors (Lipinski definition) is 7. The van der Waals surface area contributed by atoms with Gasteiger partial charge in [0.25, 0.3) is 0 Å². The summed E-state index contributed by atoms with van der Waals surface area (Å²) >= 11 is 0. The lowest BCUT2D eigenvalue weighted by molar-refractivity contribution is 0.356. The molecule has 2 rings (SSSR count). The molecule has 2 aromatic heterocycles. The molecule has 0 unspecified atom stereocenters. The van der Waals surface area contributed by atoms with Gasteiger partial charge < -0.3 is 9.05 Å². The van der Waals surface area contributed by atoms with Gasteiger partial charge in [0.2, 0.25) is 15.9 Å². The maximum atomic E-state index is 12.5. The Bertz CT molecular complexity index is 726. The standard InChI is InChI=1S/C12H18N4O4S/c1-6-9-13-11(15-20-9)12(4,5)16-21(17,18)10-7(2)14-19-8(10)3/h16H,6H2,1-5H3. The van der Waals surface area contributed by atoms with E-state index >= 15 is 0 Å². The number of nitrogens with zero attached hydrogens (tertiary/aromatic N) is 3.